The fourth-order valence-electron chi connectivity index (χ4n) is 1.83. The van der Waals surface area contributed by atoms with Crippen molar-refractivity contribution in [1.29, 1.82) is 0 Å². The van der Waals surface area contributed by atoms with Gasteiger partial charge in [0.25, 0.3) is 0 Å². The minimum Gasteiger partial charge on any atom is -0.478 e. The van der Waals surface area contributed by atoms with Crippen molar-refractivity contribution in [2.45, 2.75) is 26.2 Å². The Morgan fingerprint density at radius 2 is 2.05 bits per heavy atom. The molecule has 0 unspecified atom stereocenters. The maximum absolute atomic E-state index is 12.0. The van der Waals surface area contributed by atoms with Gasteiger partial charge in [0.15, 0.2) is 5.13 Å². The minimum absolute atomic E-state index is 0.0130. The Bertz CT molecular complexity index is 664. The van der Waals surface area contributed by atoms with Crippen LogP contribution in [0, 0.1) is 0 Å². The van der Waals surface area contributed by atoms with Crippen LogP contribution in [0.1, 0.15) is 40.6 Å². The zero-order chi connectivity index (χ0) is 15.4. The van der Waals surface area contributed by atoms with Crippen LogP contribution in [0.15, 0.2) is 30.5 Å². The lowest BCUT2D eigenvalue weighted by molar-refractivity contribution is -0.115. The normalized spacial score (nSPS) is 10.6. The van der Waals surface area contributed by atoms with Crippen LogP contribution in [0.2, 0.25) is 0 Å². The summed E-state index contributed by atoms with van der Waals surface area (Å²) >= 11 is 1.43. The lowest BCUT2D eigenvalue weighted by atomic mass is 10.0. The average molecular weight is 304 g/mol. The number of hydrogen-bond acceptors (Lipinski definition) is 4. The Morgan fingerprint density at radius 3 is 2.67 bits per heavy atom. The molecule has 6 heteroatoms. The van der Waals surface area contributed by atoms with Gasteiger partial charge in [-0.05, 0) is 17.5 Å². The van der Waals surface area contributed by atoms with E-state index in [2.05, 4.69) is 24.1 Å². The van der Waals surface area contributed by atoms with E-state index < -0.39 is 5.97 Å². The number of carboxylic acids is 1. The smallest absolute Gasteiger partial charge is 0.335 e. The van der Waals surface area contributed by atoms with Gasteiger partial charge >= 0.3 is 5.97 Å². The second-order valence-electron chi connectivity index (χ2n) is 4.91. The van der Waals surface area contributed by atoms with E-state index >= 15 is 0 Å². The molecule has 1 heterocycles. The van der Waals surface area contributed by atoms with Gasteiger partial charge in [-0.25, -0.2) is 9.78 Å². The van der Waals surface area contributed by atoms with Crippen LogP contribution >= 0.6 is 11.3 Å². The molecule has 0 radical (unpaired) electrons. The highest BCUT2D eigenvalue weighted by atomic mass is 32.1. The molecule has 21 heavy (non-hydrogen) atoms. The third kappa shape index (κ3) is 3.88. The summed E-state index contributed by atoms with van der Waals surface area (Å²) in [6.45, 7) is 4.12. The van der Waals surface area contributed by atoms with E-state index in [0.29, 0.717) is 16.6 Å². The molecule has 0 fully saturated rings. The summed E-state index contributed by atoms with van der Waals surface area (Å²) < 4.78 is 0. The predicted octanol–water partition coefficient (Wildman–Crippen LogP) is 3.15. The number of carbonyl (C=O) groups is 2. The molecule has 2 N–H and O–H groups in total. The molecule has 2 rings (SSSR count). The van der Waals surface area contributed by atoms with Crippen molar-refractivity contribution >= 4 is 28.3 Å². The Labute approximate surface area is 126 Å². The van der Waals surface area contributed by atoms with Gasteiger partial charge in [0.05, 0.1) is 12.0 Å². The predicted molar refractivity (Wildman–Crippen MR) is 81.9 cm³/mol. The van der Waals surface area contributed by atoms with Crippen LogP contribution < -0.4 is 5.32 Å². The molecule has 0 aliphatic carbocycles. The summed E-state index contributed by atoms with van der Waals surface area (Å²) in [6.07, 6.45) is 1.76. The highest BCUT2D eigenvalue weighted by Crippen LogP contribution is 2.25. The molecule has 0 aliphatic heterocycles. The van der Waals surface area contributed by atoms with Crippen molar-refractivity contribution < 1.29 is 14.7 Å². The number of aromatic nitrogens is 1. The highest BCUT2D eigenvalue weighted by Gasteiger charge is 2.14. The van der Waals surface area contributed by atoms with Gasteiger partial charge in [0, 0.05) is 11.1 Å². The topological polar surface area (TPSA) is 79.3 Å². The van der Waals surface area contributed by atoms with E-state index in [1.165, 1.54) is 17.4 Å². The number of aromatic carboxylic acids is 1. The Morgan fingerprint density at radius 1 is 1.33 bits per heavy atom. The Kier molecular flexibility index (Phi) is 4.70. The monoisotopic (exact) mass is 304 g/mol. The molecule has 0 bridgehead atoms. The first-order chi connectivity index (χ1) is 9.97. The molecule has 2 aromatic rings. The van der Waals surface area contributed by atoms with E-state index in [0.717, 1.165) is 4.88 Å². The standard InChI is InChI=1S/C15H16N2O3S/c1-9(2)12-8-16-15(21-12)17-13(18)7-10-5-3-4-6-11(10)14(19)20/h3-6,8-9H,7H2,1-2H3,(H,19,20)(H,16,17,18). The zero-order valence-electron chi connectivity index (χ0n) is 11.8. The molecular weight excluding hydrogens is 288 g/mol. The summed E-state index contributed by atoms with van der Waals surface area (Å²) in [5.74, 6) is -0.941. The van der Waals surface area contributed by atoms with Crippen LogP contribution in [0.5, 0.6) is 0 Å². The maximum atomic E-state index is 12.0. The molecule has 1 aromatic carbocycles. The Hall–Kier alpha value is -2.21. The van der Waals surface area contributed by atoms with Crippen LogP contribution in [0.25, 0.3) is 0 Å². The van der Waals surface area contributed by atoms with Crippen molar-refractivity contribution in [3.05, 3.63) is 46.5 Å². The first kappa shape index (κ1) is 15.2. The fraction of sp³-hybridized carbons (Fsp3) is 0.267. The van der Waals surface area contributed by atoms with E-state index in [9.17, 15) is 9.59 Å². The molecule has 1 aromatic heterocycles. The van der Waals surface area contributed by atoms with E-state index in [1.807, 2.05) is 0 Å². The zero-order valence-corrected chi connectivity index (χ0v) is 12.6. The van der Waals surface area contributed by atoms with Crippen molar-refractivity contribution in [2.75, 3.05) is 5.32 Å². The number of carbonyl (C=O) groups excluding carboxylic acids is 1. The van der Waals surface area contributed by atoms with Crippen molar-refractivity contribution in [1.82, 2.24) is 4.98 Å². The van der Waals surface area contributed by atoms with Gasteiger partial charge in [-0.15, -0.1) is 11.3 Å². The number of thiazole rings is 1. The maximum Gasteiger partial charge on any atom is 0.335 e. The second-order valence-corrected chi connectivity index (χ2v) is 5.97. The number of benzene rings is 1. The highest BCUT2D eigenvalue weighted by molar-refractivity contribution is 7.15. The summed E-state index contributed by atoms with van der Waals surface area (Å²) in [6, 6.07) is 6.49. The number of amides is 1. The largest absolute Gasteiger partial charge is 0.478 e. The van der Waals surface area contributed by atoms with Crippen LogP contribution in [0.4, 0.5) is 5.13 Å². The molecule has 0 spiro atoms. The summed E-state index contributed by atoms with van der Waals surface area (Å²) in [7, 11) is 0. The quantitative estimate of drug-likeness (QED) is 0.889. The first-order valence-corrected chi connectivity index (χ1v) is 7.35. The van der Waals surface area contributed by atoms with E-state index in [4.69, 9.17) is 5.11 Å². The number of nitrogens with zero attached hydrogens (tertiary/aromatic N) is 1. The van der Waals surface area contributed by atoms with Crippen LogP contribution in [0.3, 0.4) is 0 Å². The minimum atomic E-state index is -1.03. The number of hydrogen-bond donors (Lipinski definition) is 2. The summed E-state index contributed by atoms with van der Waals surface area (Å²) in [5, 5.41) is 12.3. The molecule has 0 saturated heterocycles. The van der Waals surface area contributed by atoms with Gasteiger partial charge in [0.2, 0.25) is 5.91 Å². The van der Waals surface area contributed by atoms with Gasteiger partial charge in [0.1, 0.15) is 0 Å². The van der Waals surface area contributed by atoms with E-state index in [-0.39, 0.29) is 17.9 Å². The average Bonchev–Trinajstić information content (AvgIpc) is 2.87. The number of nitrogens with one attached hydrogen (secondary N) is 1. The van der Waals surface area contributed by atoms with Gasteiger partial charge in [-0.1, -0.05) is 32.0 Å². The van der Waals surface area contributed by atoms with Crippen molar-refractivity contribution in [2.24, 2.45) is 0 Å². The third-order valence-electron chi connectivity index (χ3n) is 2.94. The van der Waals surface area contributed by atoms with Gasteiger partial charge in [-0.3, -0.25) is 4.79 Å². The second kappa shape index (κ2) is 6.49. The molecule has 0 aliphatic rings. The van der Waals surface area contributed by atoms with Crippen molar-refractivity contribution in [3.63, 3.8) is 0 Å². The lowest BCUT2D eigenvalue weighted by Gasteiger charge is -2.05. The van der Waals surface area contributed by atoms with Gasteiger partial charge in [-0.2, -0.15) is 0 Å². The first-order valence-electron chi connectivity index (χ1n) is 6.54. The number of anilines is 1. The Balaban J connectivity index is 2.06. The third-order valence-corrected chi connectivity index (χ3v) is 4.15. The molecule has 110 valence electrons. The molecular formula is C15H16N2O3S. The van der Waals surface area contributed by atoms with E-state index in [1.54, 1.807) is 24.4 Å². The van der Waals surface area contributed by atoms with Crippen LogP contribution in [-0.2, 0) is 11.2 Å². The molecule has 5 nitrogen and oxygen atoms in total. The molecule has 0 atom stereocenters. The fourth-order valence-corrected chi connectivity index (χ4v) is 2.67. The number of rotatable bonds is 5. The number of carboxylic acid groups (broad SMARTS) is 1. The lowest BCUT2D eigenvalue weighted by Crippen LogP contribution is -2.16. The van der Waals surface area contributed by atoms with Crippen molar-refractivity contribution in [3.8, 4) is 0 Å². The van der Waals surface area contributed by atoms with Gasteiger partial charge < -0.3 is 10.4 Å². The summed E-state index contributed by atoms with van der Waals surface area (Å²) in [5.41, 5.74) is 0.637. The summed E-state index contributed by atoms with van der Waals surface area (Å²) in [4.78, 5) is 28.3. The van der Waals surface area contributed by atoms with Crippen LogP contribution in [-0.4, -0.2) is 22.0 Å². The molecule has 1 amide bonds. The SMILES string of the molecule is CC(C)c1cnc(NC(=O)Cc2ccccc2C(=O)O)s1. The molecule has 0 saturated carbocycles.